The van der Waals surface area contributed by atoms with Crippen molar-refractivity contribution in [3.8, 4) is 0 Å². The summed E-state index contributed by atoms with van der Waals surface area (Å²) < 4.78 is 0. The molecule has 2 heterocycles. The highest BCUT2D eigenvalue weighted by atomic mass is 15.2. The van der Waals surface area contributed by atoms with E-state index in [1.165, 1.54) is 45.1 Å². The minimum absolute atomic E-state index is 0.0744. The minimum Gasteiger partial charge on any atom is -0.353 e. The fraction of sp³-hybridized carbons (Fsp3) is 0.688. The molecule has 2 N–H and O–H groups in total. The van der Waals surface area contributed by atoms with E-state index in [9.17, 15) is 0 Å². The van der Waals surface area contributed by atoms with Crippen LogP contribution in [0.4, 0.5) is 5.82 Å². The molecular weight excluding hydrogens is 234 g/mol. The number of hydrogen-bond donors (Lipinski definition) is 1. The van der Waals surface area contributed by atoms with Crippen LogP contribution in [0.3, 0.4) is 0 Å². The maximum atomic E-state index is 5.89. The molecule has 0 amide bonds. The average molecular weight is 259 g/mol. The number of fused-ring (bicyclic) bond motifs is 1. The second-order valence-corrected chi connectivity index (χ2v) is 6.19. The monoisotopic (exact) mass is 259 g/mol. The van der Waals surface area contributed by atoms with Gasteiger partial charge in [0.05, 0.1) is 0 Å². The van der Waals surface area contributed by atoms with E-state index in [4.69, 9.17) is 5.73 Å². The highest BCUT2D eigenvalue weighted by molar-refractivity contribution is 5.42. The number of nitrogens with zero attached hydrogens (tertiary/aromatic N) is 2. The Morgan fingerprint density at radius 3 is 2.74 bits per heavy atom. The summed E-state index contributed by atoms with van der Waals surface area (Å²) in [5.74, 6) is 2.05. The number of rotatable bonds is 2. The second-order valence-electron chi connectivity index (χ2n) is 6.19. The number of anilines is 1. The second kappa shape index (κ2) is 5.49. The molecule has 1 saturated carbocycles. The van der Waals surface area contributed by atoms with Gasteiger partial charge in [0.25, 0.3) is 0 Å². The summed E-state index contributed by atoms with van der Waals surface area (Å²) in [6, 6.07) is 5.11. The summed E-state index contributed by atoms with van der Waals surface area (Å²) in [7, 11) is 0. The summed E-state index contributed by atoms with van der Waals surface area (Å²) in [5, 5.41) is 0. The zero-order valence-corrected chi connectivity index (χ0v) is 11.9. The lowest BCUT2D eigenvalue weighted by Crippen LogP contribution is -2.47. The standard InChI is InChI=1S/C16H25N3/c1-12(17)14-8-9-16(18-11-14)19-10-4-6-13-5-2-3-7-15(13)19/h8-9,11-13,15H,2-7,10,17H2,1H3/t12-,13?,15?/m0/s1. The molecule has 1 aliphatic heterocycles. The van der Waals surface area contributed by atoms with Gasteiger partial charge >= 0.3 is 0 Å². The van der Waals surface area contributed by atoms with Gasteiger partial charge < -0.3 is 10.6 Å². The fourth-order valence-corrected chi connectivity index (χ4v) is 3.75. The third kappa shape index (κ3) is 2.62. The summed E-state index contributed by atoms with van der Waals surface area (Å²) in [6.07, 6.45) is 10.3. The predicted molar refractivity (Wildman–Crippen MR) is 79.2 cm³/mol. The zero-order valence-electron chi connectivity index (χ0n) is 11.9. The molecule has 3 rings (SSSR count). The first kappa shape index (κ1) is 12.9. The topological polar surface area (TPSA) is 42.1 Å². The third-order valence-electron chi connectivity index (χ3n) is 4.83. The zero-order chi connectivity index (χ0) is 13.2. The minimum atomic E-state index is 0.0744. The number of piperidine rings is 1. The van der Waals surface area contributed by atoms with Gasteiger partial charge in [-0.25, -0.2) is 4.98 Å². The van der Waals surface area contributed by atoms with E-state index in [2.05, 4.69) is 22.0 Å². The van der Waals surface area contributed by atoms with Crippen LogP contribution in [0.1, 0.15) is 57.1 Å². The molecule has 0 bridgehead atoms. The molecule has 2 unspecified atom stereocenters. The molecule has 1 aliphatic carbocycles. The van der Waals surface area contributed by atoms with E-state index in [0.717, 1.165) is 23.3 Å². The first-order chi connectivity index (χ1) is 9.25. The van der Waals surface area contributed by atoms with Crippen LogP contribution in [-0.4, -0.2) is 17.6 Å². The van der Waals surface area contributed by atoms with Crippen molar-refractivity contribution in [1.29, 1.82) is 0 Å². The van der Waals surface area contributed by atoms with Crippen LogP contribution in [0.2, 0.25) is 0 Å². The molecule has 0 aromatic carbocycles. The van der Waals surface area contributed by atoms with E-state index in [1.54, 1.807) is 0 Å². The van der Waals surface area contributed by atoms with Gasteiger partial charge in [0.2, 0.25) is 0 Å². The molecule has 3 atom stereocenters. The van der Waals surface area contributed by atoms with Crippen molar-refractivity contribution in [2.75, 3.05) is 11.4 Å². The van der Waals surface area contributed by atoms with E-state index < -0.39 is 0 Å². The van der Waals surface area contributed by atoms with Crippen molar-refractivity contribution in [1.82, 2.24) is 4.98 Å². The molecule has 3 nitrogen and oxygen atoms in total. The average Bonchev–Trinajstić information content (AvgIpc) is 2.47. The predicted octanol–water partition coefficient (Wildman–Crippen LogP) is 3.26. The number of hydrogen-bond acceptors (Lipinski definition) is 3. The Bertz CT molecular complexity index is 411. The highest BCUT2D eigenvalue weighted by Crippen LogP contribution is 2.37. The molecule has 1 aromatic heterocycles. The summed E-state index contributed by atoms with van der Waals surface area (Å²) >= 11 is 0. The van der Waals surface area contributed by atoms with E-state index in [-0.39, 0.29) is 6.04 Å². The Labute approximate surface area is 116 Å². The van der Waals surface area contributed by atoms with Gasteiger partial charge in [-0.05, 0) is 50.2 Å². The lowest BCUT2D eigenvalue weighted by Gasteiger charge is -2.44. The van der Waals surface area contributed by atoms with Crippen LogP contribution in [0.25, 0.3) is 0 Å². The van der Waals surface area contributed by atoms with Gasteiger partial charge in [0, 0.05) is 24.8 Å². The lowest BCUT2D eigenvalue weighted by atomic mass is 9.78. The maximum absolute atomic E-state index is 5.89. The normalized spacial score (nSPS) is 28.8. The molecular formula is C16H25N3. The van der Waals surface area contributed by atoms with Crippen molar-refractivity contribution >= 4 is 5.82 Å². The molecule has 2 aliphatic rings. The Balaban J connectivity index is 1.79. The highest BCUT2D eigenvalue weighted by Gasteiger charge is 2.33. The van der Waals surface area contributed by atoms with Gasteiger partial charge in [0.1, 0.15) is 5.82 Å². The number of aromatic nitrogens is 1. The van der Waals surface area contributed by atoms with Gasteiger partial charge in [0.15, 0.2) is 0 Å². The third-order valence-corrected chi connectivity index (χ3v) is 4.83. The van der Waals surface area contributed by atoms with Crippen molar-refractivity contribution in [3.63, 3.8) is 0 Å². The molecule has 3 heteroatoms. The lowest BCUT2D eigenvalue weighted by molar-refractivity contribution is 0.242. The van der Waals surface area contributed by atoms with Gasteiger partial charge in [-0.1, -0.05) is 18.9 Å². The van der Waals surface area contributed by atoms with Gasteiger partial charge in [-0.3, -0.25) is 0 Å². The first-order valence-electron chi connectivity index (χ1n) is 7.74. The Kier molecular flexibility index (Phi) is 3.74. The SMILES string of the molecule is C[C@H](N)c1ccc(N2CCCC3CCCCC32)nc1. The molecule has 2 fully saturated rings. The molecule has 104 valence electrons. The van der Waals surface area contributed by atoms with Crippen molar-refractivity contribution < 1.29 is 0 Å². The fourth-order valence-electron chi connectivity index (χ4n) is 3.75. The van der Waals surface area contributed by atoms with Crippen molar-refractivity contribution in [2.24, 2.45) is 11.7 Å². The van der Waals surface area contributed by atoms with E-state index in [1.807, 2.05) is 13.1 Å². The maximum Gasteiger partial charge on any atom is 0.128 e. The van der Waals surface area contributed by atoms with Crippen molar-refractivity contribution in [2.45, 2.75) is 57.5 Å². The Morgan fingerprint density at radius 2 is 2.00 bits per heavy atom. The van der Waals surface area contributed by atoms with Gasteiger partial charge in [-0.15, -0.1) is 0 Å². The summed E-state index contributed by atoms with van der Waals surface area (Å²) in [4.78, 5) is 7.21. The van der Waals surface area contributed by atoms with Crippen LogP contribution in [0, 0.1) is 5.92 Å². The largest absolute Gasteiger partial charge is 0.353 e. The van der Waals surface area contributed by atoms with Crippen LogP contribution >= 0.6 is 0 Å². The summed E-state index contributed by atoms with van der Waals surface area (Å²) in [6.45, 7) is 3.18. The quantitative estimate of drug-likeness (QED) is 0.886. The van der Waals surface area contributed by atoms with Crippen LogP contribution in [-0.2, 0) is 0 Å². The Morgan fingerprint density at radius 1 is 1.21 bits per heavy atom. The summed E-state index contributed by atoms with van der Waals surface area (Å²) in [5.41, 5.74) is 7.02. The number of nitrogens with two attached hydrogens (primary N) is 1. The molecule has 1 aromatic rings. The molecule has 0 radical (unpaired) electrons. The van der Waals surface area contributed by atoms with Gasteiger partial charge in [-0.2, -0.15) is 0 Å². The smallest absolute Gasteiger partial charge is 0.128 e. The Hall–Kier alpha value is -1.09. The number of pyridine rings is 1. The molecule has 19 heavy (non-hydrogen) atoms. The van der Waals surface area contributed by atoms with Crippen molar-refractivity contribution in [3.05, 3.63) is 23.9 Å². The molecule has 0 spiro atoms. The van der Waals surface area contributed by atoms with Crippen LogP contribution in [0.5, 0.6) is 0 Å². The molecule has 1 saturated heterocycles. The first-order valence-corrected chi connectivity index (χ1v) is 7.74. The van der Waals surface area contributed by atoms with E-state index >= 15 is 0 Å². The van der Waals surface area contributed by atoms with Crippen LogP contribution in [0.15, 0.2) is 18.3 Å². The van der Waals surface area contributed by atoms with E-state index in [0.29, 0.717) is 0 Å². The van der Waals surface area contributed by atoms with Crippen LogP contribution < -0.4 is 10.6 Å².